The van der Waals surface area contributed by atoms with Gasteiger partial charge in [-0.3, -0.25) is 14.9 Å². The number of para-hydroxylation sites is 1. The highest BCUT2D eigenvalue weighted by Gasteiger charge is 2.28. The van der Waals surface area contributed by atoms with Crippen LogP contribution < -0.4 is 10.2 Å². The van der Waals surface area contributed by atoms with Crippen molar-refractivity contribution in [1.82, 2.24) is 4.90 Å². The lowest BCUT2D eigenvalue weighted by Crippen LogP contribution is -2.39. The quantitative estimate of drug-likeness (QED) is 0.592. The number of hydrogen-bond acceptors (Lipinski definition) is 5. The lowest BCUT2D eigenvalue weighted by molar-refractivity contribution is -0.385. The third kappa shape index (κ3) is 4.22. The van der Waals surface area contributed by atoms with Gasteiger partial charge in [0.1, 0.15) is 11.4 Å². The number of anilines is 2. The van der Waals surface area contributed by atoms with Crippen LogP contribution in [0.5, 0.6) is 0 Å². The molecule has 2 aromatic rings. The number of nitro groups is 1. The molecule has 0 aromatic heterocycles. The Hall–Kier alpha value is -3.16. The Morgan fingerprint density at radius 1 is 1.07 bits per heavy atom. The maximum absolute atomic E-state index is 13.9. The average Bonchev–Trinajstić information content (AvgIpc) is 3.30. The van der Waals surface area contributed by atoms with Gasteiger partial charge < -0.3 is 15.1 Å². The van der Waals surface area contributed by atoms with Crippen molar-refractivity contribution in [3.8, 4) is 0 Å². The minimum Gasteiger partial charge on any atom is -0.380 e. The second kappa shape index (κ2) is 8.69. The molecule has 0 bridgehead atoms. The van der Waals surface area contributed by atoms with Crippen LogP contribution in [0.2, 0.25) is 0 Å². The topological polar surface area (TPSA) is 78.7 Å². The molecule has 0 radical (unpaired) electrons. The summed E-state index contributed by atoms with van der Waals surface area (Å²) in [5.74, 6) is -0.530. The number of halogens is 1. The van der Waals surface area contributed by atoms with E-state index in [4.69, 9.17) is 0 Å². The molecule has 0 spiro atoms. The van der Waals surface area contributed by atoms with Crippen molar-refractivity contribution >= 4 is 23.0 Å². The lowest BCUT2D eigenvalue weighted by Gasteiger charge is -2.34. The highest BCUT2D eigenvalue weighted by Crippen LogP contribution is 2.29. The van der Waals surface area contributed by atoms with E-state index < -0.39 is 4.92 Å². The molecule has 158 valence electrons. The molecule has 8 heteroatoms. The second-order valence-electron chi connectivity index (χ2n) is 7.84. The molecule has 7 nitrogen and oxygen atoms in total. The van der Waals surface area contributed by atoms with Gasteiger partial charge in [-0.25, -0.2) is 4.39 Å². The van der Waals surface area contributed by atoms with Gasteiger partial charge in [0, 0.05) is 44.0 Å². The number of hydrogen-bond donors (Lipinski definition) is 1. The van der Waals surface area contributed by atoms with E-state index in [1.807, 2.05) is 0 Å². The summed E-state index contributed by atoms with van der Waals surface area (Å²) in [4.78, 5) is 27.6. The minimum absolute atomic E-state index is 0.147. The van der Waals surface area contributed by atoms with Crippen LogP contribution in [0.3, 0.4) is 0 Å². The molecular formula is C22H25FN4O3. The summed E-state index contributed by atoms with van der Waals surface area (Å²) >= 11 is 0. The predicted octanol–water partition coefficient (Wildman–Crippen LogP) is 4.05. The van der Waals surface area contributed by atoms with Gasteiger partial charge in [0.2, 0.25) is 0 Å². The summed E-state index contributed by atoms with van der Waals surface area (Å²) in [6.45, 7) is 2.74. The fraction of sp³-hybridized carbons (Fsp3) is 0.409. The van der Waals surface area contributed by atoms with Crippen LogP contribution in [0.15, 0.2) is 42.5 Å². The van der Waals surface area contributed by atoms with Crippen LogP contribution in [-0.2, 0) is 0 Å². The molecule has 0 aliphatic carbocycles. The summed E-state index contributed by atoms with van der Waals surface area (Å²) in [5.41, 5.74) is 1.33. The summed E-state index contributed by atoms with van der Waals surface area (Å²) in [5, 5.41) is 14.7. The summed E-state index contributed by atoms with van der Waals surface area (Å²) in [7, 11) is 0. The Morgan fingerprint density at radius 2 is 1.77 bits per heavy atom. The van der Waals surface area contributed by atoms with Gasteiger partial charge in [0.15, 0.2) is 0 Å². The number of piperidine rings is 1. The van der Waals surface area contributed by atoms with Crippen molar-refractivity contribution < 1.29 is 14.1 Å². The zero-order valence-electron chi connectivity index (χ0n) is 16.7. The fourth-order valence-electron chi connectivity index (χ4n) is 4.22. The number of rotatable bonds is 5. The highest BCUT2D eigenvalue weighted by molar-refractivity contribution is 5.99. The molecule has 4 rings (SSSR count). The molecule has 1 amide bonds. The fourth-order valence-corrected chi connectivity index (χ4v) is 4.22. The van der Waals surface area contributed by atoms with Crippen LogP contribution in [0, 0.1) is 15.9 Å². The van der Waals surface area contributed by atoms with Gasteiger partial charge in [-0.1, -0.05) is 12.1 Å². The first kappa shape index (κ1) is 20.1. The van der Waals surface area contributed by atoms with Gasteiger partial charge in [0.25, 0.3) is 11.6 Å². The van der Waals surface area contributed by atoms with Gasteiger partial charge in [0.05, 0.1) is 10.6 Å². The van der Waals surface area contributed by atoms with Crippen LogP contribution in [0.1, 0.15) is 36.0 Å². The largest absolute Gasteiger partial charge is 0.380 e. The maximum atomic E-state index is 13.9. The van der Waals surface area contributed by atoms with Crippen LogP contribution in [0.4, 0.5) is 21.5 Å². The molecule has 0 atom stereocenters. The lowest BCUT2D eigenvalue weighted by atomic mass is 10.0. The van der Waals surface area contributed by atoms with E-state index in [0.29, 0.717) is 18.8 Å². The van der Waals surface area contributed by atoms with E-state index in [-0.39, 0.29) is 29.0 Å². The Morgan fingerprint density at radius 3 is 2.43 bits per heavy atom. The molecule has 2 aliphatic heterocycles. The normalized spacial score (nSPS) is 17.2. The standard InChI is InChI=1S/C22H25FN4O3/c23-19-5-1-2-6-20(19)24-16-9-13-25(14-10-16)17-7-8-21(27(29)30)18(15-17)22(28)26-11-3-4-12-26/h1-2,5-8,15-16,24H,3-4,9-14H2. The smallest absolute Gasteiger partial charge is 0.282 e. The highest BCUT2D eigenvalue weighted by atomic mass is 19.1. The second-order valence-corrected chi connectivity index (χ2v) is 7.84. The Bertz CT molecular complexity index is 938. The number of nitrogens with one attached hydrogen (secondary N) is 1. The minimum atomic E-state index is -0.488. The molecular weight excluding hydrogens is 387 g/mol. The third-order valence-electron chi connectivity index (χ3n) is 5.89. The number of carbonyl (C=O) groups is 1. The first-order valence-electron chi connectivity index (χ1n) is 10.4. The van der Waals surface area contributed by atoms with Gasteiger partial charge in [-0.05, 0) is 49.9 Å². The maximum Gasteiger partial charge on any atom is 0.282 e. The molecule has 2 aromatic carbocycles. The van der Waals surface area contributed by atoms with Crippen molar-refractivity contribution in [2.24, 2.45) is 0 Å². The Balaban J connectivity index is 1.47. The van der Waals surface area contributed by atoms with Crippen molar-refractivity contribution in [3.05, 3.63) is 64.0 Å². The molecule has 30 heavy (non-hydrogen) atoms. The van der Waals surface area contributed by atoms with E-state index >= 15 is 0 Å². The molecule has 2 heterocycles. The van der Waals surface area contributed by atoms with Crippen molar-refractivity contribution in [1.29, 1.82) is 0 Å². The van der Waals surface area contributed by atoms with E-state index in [1.165, 1.54) is 12.1 Å². The number of amides is 1. The third-order valence-corrected chi connectivity index (χ3v) is 5.89. The molecule has 2 saturated heterocycles. The van der Waals surface area contributed by atoms with Gasteiger partial charge >= 0.3 is 0 Å². The van der Waals surface area contributed by atoms with Crippen molar-refractivity contribution in [2.45, 2.75) is 31.7 Å². The molecule has 2 aliphatic rings. The summed E-state index contributed by atoms with van der Waals surface area (Å²) < 4.78 is 13.9. The van der Waals surface area contributed by atoms with E-state index in [0.717, 1.165) is 44.5 Å². The number of benzene rings is 2. The first-order valence-corrected chi connectivity index (χ1v) is 10.4. The van der Waals surface area contributed by atoms with E-state index in [2.05, 4.69) is 10.2 Å². The number of likely N-dealkylation sites (tertiary alicyclic amines) is 1. The molecule has 2 fully saturated rings. The number of nitrogens with zero attached hydrogens (tertiary/aromatic N) is 3. The van der Waals surface area contributed by atoms with Crippen LogP contribution in [-0.4, -0.2) is 48.0 Å². The first-order chi connectivity index (χ1) is 14.5. The van der Waals surface area contributed by atoms with Crippen molar-refractivity contribution in [3.63, 3.8) is 0 Å². The number of carbonyl (C=O) groups excluding carboxylic acids is 1. The van der Waals surface area contributed by atoms with Gasteiger partial charge in [-0.2, -0.15) is 0 Å². The SMILES string of the molecule is O=C(c1cc(N2CCC(Nc3ccccc3F)CC2)ccc1[N+](=O)[O-])N1CCCC1. The van der Waals surface area contributed by atoms with E-state index in [9.17, 15) is 19.3 Å². The monoisotopic (exact) mass is 412 g/mol. The zero-order chi connectivity index (χ0) is 21.1. The number of nitro benzene ring substituents is 1. The van der Waals surface area contributed by atoms with Crippen LogP contribution >= 0.6 is 0 Å². The van der Waals surface area contributed by atoms with Crippen LogP contribution in [0.25, 0.3) is 0 Å². The van der Waals surface area contributed by atoms with Gasteiger partial charge in [-0.15, -0.1) is 0 Å². The molecule has 0 unspecified atom stereocenters. The predicted molar refractivity (Wildman–Crippen MR) is 113 cm³/mol. The molecule has 1 N–H and O–H groups in total. The average molecular weight is 412 g/mol. The zero-order valence-corrected chi connectivity index (χ0v) is 16.7. The van der Waals surface area contributed by atoms with Crippen molar-refractivity contribution in [2.75, 3.05) is 36.4 Å². The summed E-state index contributed by atoms with van der Waals surface area (Å²) in [6, 6.07) is 11.6. The van der Waals surface area contributed by atoms with E-state index in [1.54, 1.807) is 35.2 Å². The molecule has 0 saturated carbocycles. The summed E-state index contributed by atoms with van der Waals surface area (Å²) in [6.07, 6.45) is 3.48. The Kier molecular flexibility index (Phi) is 5.83. The Labute approximate surface area is 174 Å².